The number of ether oxygens (including phenoxy) is 1. The highest BCUT2D eigenvalue weighted by atomic mass is 32.2. The fraction of sp³-hybridized carbons (Fsp3) is 0.440. The fourth-order valence-corrected chi connectivity index (χ4v) is 5.97. The smallest absolute Gasteiger partial charge is 0.253 e. The molecule has 2 heterocycles. The number of piperidine rings is 1. The predicted octanol–water partition coefficient (Wildman–Crippen LogP) is 2.78. The van der Waals surface area contributed by atoms with Gasteiger partial charge in [-0.25, -0.2) is 12.7 Å². The second-order valence-electron chi connectivity index (χ2n) is 8.80. The normalized spacial score (nSPS) is 19.6. The van der Waals surface area contributed by atoms with Crippen molar-refractivity contribution in [2.45, 2.75) is 37.5 Å². The summed E-state index contributed by atoms with van der Waals surface area (Å²) in [5, 5.41) is 5.77. The first kappa shape index (κ1) is 24.4. The second-order valence-corrected chi connectivity index (χ2v) is 10.8. The zero-order valence-electron chi connectivity index (χ0n) is 19.1. The molecule has 1 atom stereocenters. The summed E-state index contributed by atoms with van der Waals surface area (Å²) in [6.07, 6.45) is 2.84. The molecule has 2 aromatic carbocycles. The molecular weight excluding hydrogens is 454 g/mol. The third-order valence-electron chi connectivity index (χ3n) is 6.35. The molecule has 0 aliphatic carbocycles. The number of hydrogen-bond donors (Lipinski definition) is 2. The van der Waals surface area contributed by atoms with Crippen molar-refractivity contribution in [3.8, 4) is 0 Å². The highest BCUT2D eigenvalue weighted by Crippen LogP contribution is 2.24. The van der Waals surface area contributed by atoms with E-state index < -0.39 is 10.0 Å². The fourth-order valence-electron chi connectivity index (χ4n) is 4.40. The highest BCUT2D eigenvalue weighted by molar-refractivity contribution is 7.88. The van der Waals surface area contributed by atoms with Crippen molar-refractivity contribution in [2.24, 2.45) is 5.92 Å². The Hall–Kier alpha value is -2.75. The van der Waals surface area contributed by atoms with Gasteiger partial charge in [0.25, 0.3) is 5.91 Å². The highest BCUT2D eigenvalue weighted by Gasteiger charge is 2.31. The summed E-state index contributed by atoms with van der Waals surface area (Å²) in [5.41, 5.74) is 1.60. The van der Waals surface area contributed by atoms with E-state index in [0.29, 0.717) is 43.7 Å². The van der Waals surface area contributed by atoms with E-state index in [0.717, 1.165) is 25.0 Å². The molecule has 2 saturated heterocycles. The van der Waals surface area contributed by atoms with Crippen LogP contribution >= 0.6 is 0 Å². The van der Waals surface area contributed by atoms with Crippen molar-refractivity contribution in [2.75, 3.05) is 31.6 Å². The molecule has 9 heteroatoms. The number of benzene rings is 2. The summed E-state index contributed by atoms with van der Waals surface area (Å²) in [5.74, 6) is -0.807. The molecule has 0 aromatic heterocycles. The van der Waals surface area contributed by atoms with E-state index in [1.807, 2.05) is 18.2 Å². The number of carbonyl (C=O) groups excluding carboxylic acids is 2. The maximum absolute atomic E-state index is 12.9. The van der Waals surface area contributed by atoms with E-state index in [-0.39, 0.29) is 29.6 Å². The summed E-state index contributed by atoms with van der Waals surface area (Å²) in [7, 11) is -3.44. The zero-order chi connectivity index (χ0) is 24.0. The first-order valence-corrected chi connectivity index (χ1v) is 13.3. The van der Waals surface area contributed by atoms with Crippen LogP contribution in [0.1, 0.15) is 41.6 Å². The molecule has 8 nitrogen and oxygen atoms in total. The van der Waals surface area contributed by atoms with Gasteiger partial charge in [-0.3, -0.25) is 9.59 Å². The summed E-state index contributed by atoms with van der Waals surface area (Å²) in [6.45, 7) is 1.77. The van der Waals surface area contributed by atoms with Crippen molar-refractivity contribution in [1.82, 2.24) is 9.62 Å². The predicted molar refractivity (Wildman–Crippen MR) is 130 cm³/mol. The van der Waals surface area contributed by atoms with Gasteiger partial charge in [0.05, 0.1) is 23.1 Å². The minimum Gasteiger partial charge on any atom is -0.376 e. The number of hydrogen-bond acceptors (Lipinski definition) is 5. The van der Waals surface area contributed by atoms with Gasteiger partial charge in [-0.1, -0.05) is 42.5 Å². The number of nitrogens with one attached hydrogen (secondary N) is 2. The Kier molecular flexibility index (Phi) is 7.97. The van der Waals surface area contributed by atoms with Gasteiger partial charge in [-0.05, 0) is 43.4 Å². The van der Waals surface area contributed by atoms with E-state index in [1.165, 1.54) is 4.31 Å². The Labute approximate surface area is 200 Å². The van der Waals surface area contributed by atoms with Gasteiger partial charge in [0.15, 0.2) is 0 Å². The number of para-hydroxylation sites is 1. The number of amides is 2. The molecule has 0 radical (unpaired) electrons. The molecule has 0 spiro atoms. The van der Waals surface area contributed by atoms with Crippen LogP contribution in [0.15, 0.2) is 54.6 Å². The molecule has 2 amide bonds. The van der Waals surface area contributed by atoms with Gasteiger partial charge < -0.3 is 15.4 Å². The van der Waals surface area contributed by atoms with Crippen LogP contribution in [-0.2, 0) is 25.3 Å². The van der Waals surface area contributed by atoms with Gasteiger partial charge in [-0.2, -0.15) is 0 Å². The number of sulfonamides is 1. The van der Waals surface area contributed by atoms with Crippen LogP contribution in [0.5, 0.6) is 0 Å². The van der Waals surface area contributed by atoms with Gasteiger partial charge >= 0.3 is 0 Å². The van der Waals surface area contributed by atoms with E-state index >= 15 is 0 Å². The third-order valence-corrected chi connectivity index (χ3v) is 8.20. The van der Waals surface area contributed by atoms with Gasteiger partial charge in [-0.15, -0.1) is 0 Å². The number of nitrogens with zero attached hydrogens (tertiary/aromatic N) is 1. The lowest BCUT2D eigenvalue weighted by Gasteiger charge is -2.30. The monoisotopic (exact) mass is 485 g/mol. The lowest BCUT2D eigenvalue weighted by atomic mass is 9.97. The van der Waals surface area contributed by atoms with Crippen molar-refractivity contribution in [3.05, 3.63) is 65.7 Å². The van der Waals surface area contributed by atoms with Crippen LogP contribution < -0.4 is 10.6 Å². The Morgan fingerprint density at radius 1 is 0.971 bits per heavy atom. The summed E-state index contributed by atoms with van der Waals surface area (Å²) < 4.78 is 32.6. The molecule has 2 N–H and O–H groups in total. The molecule has 0 bridgehead atoms. The third kappa shape index (κ3) is 6.22. The molecule has 4 rings (SSSR count). The van der Waals surface area contributed by atoms with Crippen LogP contribution in [0.4, 0.5) is 5.69 Å². The molecule has 2 aliphatic rings. The van der Waals surface area contributed by atoms with Gasteiger partial charge in [0, 0.05) is 32.2 Å². The standard InChI is InChI=1S/C25H31N3O5S/c29-24(20-12-14-28(15-13-20)34(31,32)18-19-7-2-1-3-8-19)27-23-11-5-4-10-22(23)25(30)26-17-21-9-6-16-33-21/h1-5,7-8,10-11,20-21H,6,9,12-18H2,(H,26,30)(H,27,29). The van der Waals surface area contributed by atoms with Crippen LogP contribution in [0.25, 0.3) is 0 Å². The second kappa shape index (κ2) is 11.1. The Balaban J connectivity index is 1.31. The molecule has 182 valence electrons. The van der Waals surface area contributed by atoms with Crippen LogP contribution in [0.2, 0.25) is 0 Å². The number of anilines is 1. The first-order chi connectivity index (χ1) is 16.4. The van der Waals surface area contributed by atoms with E-state index in [4.69, 9.17) is 4.74 Å². The largest absolute Gasteiger partial charge is 0.376 e. The van der Waals surface area contributed by atoms with Crippen LogP contribution in [-0.4, -0.2) is 56.9 Å². The zero-order valence-corrected chi connectivity index (χ0v) is 19.9. The number of carbonyl (C=O) groups is 2. The van der Waals surface area contributed by atoms with E-state index in [1.54, 1.807) is 36.4 Å². The molecule has 2 aromatic rings. The lowest BCUT2D eigenvalue weighted by molar-refractivity contribution is -0.120. The molecule has 2 aliphatic heterocycles. The molecular formula is C25H31N3O5S. The van der Waals surface area contributed by atoms with Crippen molar-refractivity contribution in [3.63, 3.8) is 0 Å². The molecule has 1 unspecified atom stereocenters. The van der Waals surface area contributed by atoms with Gasteiger partial charge in [0.2, 0.25) is 15.9 Å². The molecule has 0 saturated carbocycles. The quantitative estimate of drug-likeness (QED) is 0.598. The Bertz CT molecular complexity index is 1090. The Morgan fingerprint density at radius 3 is 2.38 bits per heavy atom. The van der Waals surface area contributed by atoms with Crippen molar-refractivity contribution >= 4 is 27.5 Å². The van der Waals surface area contributed by atoms with Gasteiger partial charge in [0.1, 0.15) is 0 Å². The van der Waals surface area contributed by atoms with Crippen LogP contribution in [0.3, 0.4) is 0 Å². The lowest BCUT2D eigenvalue weighted by Crippen LogP contribution is -2.42. The minimum atomic E-state index is -3.44. The van der Waals surface area contributed by atoms with Crippen LogP contribution in [0, 0.1) is 5.92 Å². The first-order valence-electron chi connectivity index (χ1n) is 11.7. The summed E-state index contributed by atoms with van der Waals surface area (Å²) >= 11 is 0. The SMILES string of the molecule is O=C(NCC1CCCO1)c1ccccc1NC(=O)C1CCN(S(=O)(=O)Cc2ccccc2)CC1. The molecule has 2 fully saturated rings. The molecule has 34 heavy (non-hydrogen) atoms. The maximum atomic E-state index is 12.9. The number of rotatable bonds is 8. The average molecular weight is 486 g/mol. The minimum absolute atomic E-state index is 0.0362. The van der Waals surface area contributed by atoms with Crippen molar-refractivity contribution in [1.29, 1.82) is 0 Å². The van der Waals surface area contributed by atoms with Crippen molar-refractivity contribution < 1.29 is 22.7 Å². The Morgan fingerprint density at radius 2 is 1.68 bits per heavy atom. The maximum Gasteiger partial charge on any atom is 0.253 e. The van der Waals surface area contributed by atoms with E-state index in [9.17, 15) is 18.0 Å². The van der Waals surface area contributed by atoms with E-state index in [2.05, 4.69) is 10.6 Å². The summed E-state index contributed by atoms with van der Waals surface area (Å²) in [6, 6.07) is 16.0. The summed E-state index contributed by atoms with van der Waals surface area (Å²) in [4.78, 5) is 25.6. The topological polar surface area (TPSA) is 105 Å². The average Bonchev–Trinajstić information content (AvgIpc) is 3.37.